The van der Waals surface area contributed by atoms with Crippen molar-refractivity contribution >= 4 is 41.3 Å². The molecule has 6 nitrogen and oxygen atoms in total. The molecule has 1 aromatic carbocycles. The number of aliphatic imine (C=N–C) groups is 1. The van der Waals surface area contributed by atoms with Gasteiger partial charge in [-0.1, -0.05) is 30.3 Å². The summed E-state index contributed by atoms with van der Waals surface area (Å²) in [6.07, 6.45) is 4.06. The van der Waals surface area contributed by atoms with Gasteiger partial charge in [0.15, 0.2) is 5.96 Å². The molecule has 0 unspecified atom stereocenters. The van der Waals surface area contributed by atoms with Crippen LogP contribution in [0, 0.1) is 5.92 Å². The lowest BCUT2D eigenvalue weighted by atomic mass is 10.0. The van der Waals surface area contributed by atoms with Gasteiger partial charge in [0.2, 0.25) is 0 Å². The van der Waals surface area contributed by atoms with E-state index >= 15 is 0 Å². The van der Waals surface area contributed by atoms with Gasteiger partial charge in [0.1, 0.15) is 5.01 Å². The third kappa shape index (κ3) is 9.84. The number of halogens is 1. The van der Waals surface area contributed by atoms with Crippen molar-refractivity contribution < 1.29 is 9.47 Å². The molecule has 0 aliphatic carbocycles. The molecule has 2 aromatic rings. The molecular formula is C23H35IN4O2S. The van der Waals surface area contributed by atoms with Crippen molar-refractivity contribution in [3.05, 3.63) is 41.4 Å². The number of ether oxygens (including phenoxy) is 2. The van der Waals surface area contributed by atoms with Gasteiger partial charge >= 0.3 is 0 Å². The zero-order valence-corrected chi connectivity index (χ0v) is 21.5. The Morgan fingerprint density at radius 1 is 1.23 bits per heavy atom. The van der Waals surface area contributed by atoms with Gasteiger partial charge in [-0.15, -0.1) is 35.3 Å². The molecule has 0 atom stereocenters. The highest BCUT2D eigenvalue weighted by atomic mass is 127. The first-order chi connectivity index (χ1) is 14.8. The fraction of sp³-hybridized carbons (Fsp3) is 0.565. The van der Waals surface area contributed by atoms with Crippen LogP contribution in [0.15, 0.2) is 40.7 Å². The summed E-state index contributed by atoms with van der Waals surface area (Å²) in [5.41, 5.74) is 2.29. The van der Waals surface area contributed by atoms with Gasteiger partial charge < -0.3 is 20.1 Å². The molecule has 1 aromatic heterocycles. The van der Waals surface area contributed by atoms with Gasteiger partial charge in [0.05, 0.1) is 5.69 Å². The minimum atomic E-state index is 0. The number of thiazole rings is 1. The molecule has 1 saturated heterocycles. The quantitative estimate of drug-likeness (QED) is 0.186. The van der Waals surface area contributed by atoms with E-state index in [1.54, 1.807) is 11.3 Å². The van der Waals surface area contributed by atoms with Gasteiger partial charge in [-0.05, 0) is 32.1 Å². The average Bonchev–Trinajstić information content (AvgIpc) is 3.26. The molecule has 3 rings (SSSR count). The van der Waals surface area contributed by atoms with E-state index in [0.29, 0.717) is 5.92 Å². The molecular weight excluding hydrogens is 523 g/mol. The van der Waals surface area contributed by atoms with Crippen molar-refractivity contribution in [2.75, 3.05) is 46.1 Å². The number of hydrogen-bond acceptors (Lipinski definition) is 5. The molecule has 31 heavy (non-hydrogen) atoms. The zero-order valence-electron chi connectivity index (χ0n) is 18.3. The summed E-state index contributed by atoms with van der Waals surface area (Å²) in [4.78, 5) is 9.41. The second-order valence-corrected chi connectivity index (χ2v) is 8.29. The Morgan fingerprint density at radius 2 is 2.03 bits per heavy atom. The molecule has 1 fully saturated rings. The zero-order chi connectivity index (χ0) is 20.9. The fourth-order valence-corrected chi connectivity index (χ4v) is 4.17. The SMILES string of the molecule is CCNC(=NCCCOCC1CCOCC1)NCCc1csc(-c2ccccc2)n1.I. The van der Waals surface area contributed by atoms with E-state index in [0.717, 1.165) is 88.4 Å². The number of hydrogen-bond donors (Lipinski definition) is 2. The third-order valence-electron chi connectivity index (χ3n) is 5.00. The standard InChI is InChI=1S/C23H34N4O2S.HI/c1-2-24-23(25-12-6-14-29-17-19-10-15-28-16-11-19)26-13-9-21-18-30-22(27-21)20-7-4-3-5-8-20;/h3-5,7-8,18-19H,2,6,9-17H2,1H3,(H2,24,25,26);1H. The Balaban J connectivity index is 0.00000341. The Labute approximate surface area is 207 Å². The van der Waals surface area contributed by atoms with Crippen LogP contribution >= 0.6 is 35.3 Å². The van der Waals surface area contributed by atoms with Crippen LogP contribution in [-0.2, 0) is 15.9 Å². The van der Waals surface area contributed by atoms with Crippen LogP contribution in [0.25, 0.3) is 10.6 Å². The van der Waals surface area contributed by atoms with Crippen LogP contribution in [0.2, 0.25) is 0 Å². The molecule has 0 bridgehead atoms. The normalized spacial score (nSPS) is 14.8. The first kappa shape index (κ1) is 26.0. The maximum atomic E-state index is 5.82. The average molecular weight is 559 g/mol. The predicted octanol–water partition coefficient (Wildman–Crippen LogP) is 4.36. The molecule has 1 aliphatic rings. The van der Waals surface area contributed by atoms with E-state index in [1.165, 1.54) is 5.56 Å². The molecule has 1 aliphatic heterocycles. The highest BCUT2D eigenvalue weighted by Gasteiger charge is 2.13. The van der Waals surface area contributed by atoms with Crippen LogP contribution in [0.1, 0.15) is 31.9 Å². The van der Waals surface area contributed by atoms with E-state index in [4.69, 9.17) is 14.5 Å². The van der Waals surface area contributed by atoms with E-state index in [1.807, 2.05) is 18.2 Å². The topological polar surface area (TPSA) is 67.8 Å². The largest absolute Gasteiger partial charge is 0.381 e. The van der Waals surface area contributed by atoms with Gasteiger partial charge in [0, 0.05) is 63.4 Å². The summed E-state index contributed by atoms with van der Waals surface area (Å²) in [5.74, 6) is 1.52. The number of rotatable bonds is 11. The number of nitrogens with zero attached hydrogens (tertiary/aromatic N) is 2. The number of benzene rings is 1. The second-order valence-electron chi connectivity index (χ2n) is 7.43. The minimum Gasteiger partial charge on any atom is -0.381 e. The van der Waals surface area contributed by atoms with Crippen molar-refractivity contribution in [2.45, 2.75) is 32.6 Å². The van der Waals surface area contributed by atoms with Crippen molar-refractivity contribution in [1.29, 1.82) is 0 Å². The summed E-state index contributed by atoms with van der Waals surface area (Å²) in [6, 6.07) is 10.3. The Kier molecular flexibility index (Phi) is 13.1. The number of guanidine groups is 1. The highest BCUT2D eigenvalue weighted by molar-refractivity contribution is 14.0. The fourth-order valence-electron chi connectivity index (χ4n) is 3.31. The highest BCUT2D eigenvalue weighted by Crippen LogP contribution is 2.23. The molecule has 2 N–H and O–H groups in total. The van der Waals surface area contributed by atoms with Crippen molar-refractivity contribution in [3.63, 3.8) is 0 Å². The molecule has 0 saturated carbocycles. The Morgan fingerprint density at radius 3 is 2.81 bits per heavy atom. The number of nitrogens with one attached hydrogen (secondary N) is 2. The number of aromatic nitrogens is 1. The Bertz CT molecular complexity index is 751. The lowest BCUT2D eigenvalue weighted by Crippen LogP contribution is -2.38. The lowest BCUT2D eigenvalue weighted by molar-refractivity contribution is 0.0205. The third-order valence-corrected chi connectivity index (χ3v) is 5.94. The maximum absolute atomic E-state index is 5.82. The van der Waals surface area contributed by atoms with Crippen molar-refractivity contribution in [3.8, 4) is 10.6 Å². The van der Waals surface area contributed by atoms with Crippen molar-refractivity contribution in [1.82, 2.24) is 15.6 Å². The van der Waals surface area contributed by atoms with Gasteiger partial charge in [-0.3, -0.25) is 4.99 Å². The minimum absolute atomic E-state index is 0. The first-order valence-electron chi connectivity index (χ1n) is 11.0. The van der Waals surface area contributed by atoms with E-state index in [-0.39, 0.29) is 24.0 Å². The second kappa shape index (κ2) is 15.6. The monoisotopic (exact) mass is 558 g/mol. The summed E-state index contributed by atoms with van der Waals surface area (Å²) in [6.45, 7) is 7.88. The summed E-state index contributed by atoms with van der Waals surface area (Å²) in [5, 5.41) is 9.94. The molecule has 0 spiro atoms. The van der Waals surface area contributed by atoms with Crippen LogP contribution in [0.5, 0.6) is 0 Å². The molecule has 0 amide bonds. The molecule has 172 valence electrons. The van der Waals surface area contributed by atoms with E-state index in [2.05, 4.69) is 40.1 Å². The Hall–Kier alpha value is -1.23. The summed E-state index contributed by atoms with van der Waals surface area (Å²) < 4.78 is 11.2. The molecule has 8 heteroatoms. The van der Waals surface area contributed by atoms with E-state index < -0.39 is 0 Å². The smallest absolute Gasteiger partial charge is 0.191 e. The first-order valence-corrected chi connectivity index (χ1v) is 11.9. The lowest BCUT2D eigenvalue weighted by Gasteiger charge is -2.21. The molecule has 2 heterocycles. The van der Waals surface area contributed by atoms with Gasteiger partial charge in [-0.2, -0.15) is 0 Å². The summed E-state index contributed by atoms with van der Waals surface area (Å²) in [7, 11) is 0. The van der Waals surface area contributed by atoms with Crippen molar-refractivity contribution in [2.24, 2.45) is 10.9 Å². The van der Waals surface area contributed by atoms with Crippen LogP contribution in [-0.4, -0.2) is 57.0 Å². The van der Waals surface area contributed by atoms with E-state index in [9.17, 15) is 0 Å². The summed E-state index contributed by atoms with van der Waals surface area (Å²) >= 11 is 1.70. The van der Waals surface area contributed by atoms with Gasteiger partial charge in [-0.25, -0.2) is 4.98 Å². The van der Waals surface area contributed by atoms with Crippen LogP contribution in [0.3, 0.4) is 0 Å². The molecule has 0 radical (unpaired) electrons. The predicted molar refractivity (Wildman–Crippen MR) is 140 cm³/mol. The van der Waals surface area contributed by atoms with Crippen LogP contribution < -0.4 is 10.6 Å². The van der Waals surface area contributed by atoms with Gasteiger partial charge in [0.25, 0.3) is 0 Å². The van der Waals surface area contributed by atoms with Crippen LogP contribution in [0.4, 0.5) is 0 Å². The maximum Gasteiger partial charge on any atom is 0.191 e.